The van der Waals surface area contributed by atoms with E-state index in [1.165, 1.54) is 18.5 Å². The van der Waals surface area contributed by atoms with Gasteiger partial charge in [-0.2, -0.15) is 13.2 Å². The van der Waals surface area contributed by atoms with Crippen molar-refractivity contribution in [2.24, 2.45) is 4.99 Å². The third kappa shape index (κ3) is 2.99. The Morgan fingerprint density at radius 3 is 2.71 bits per heavy atom. The number of rotatable bonds is 3. The Morgan fingerprint density at radius 2 is 2.06 bits per heavy atom. The molecule has 0 spiro atoms. The summed E-state index contributed by atoms with van der Waals surface area (Å²) in [5.41, 5.74) is -0.231. The van der Waals surface area contributed by atoms with Crippen molar-refractivity contribution in [2.45, 2.75) is 25.1 Å². The molecule has 0 saturated carbocycles. The van der Waals surface area contributed by atoms with Gasteiger partial charge in [0.15, 0.2) is 6.40 Å². The van der Waals surface area contributed by atoms with E-state index in [0.29, 0.717) is 25.0 Å². The molecule has 0 fully saturated rings. The number of alkyl halides is 3. The predicted molar refractivity (Wildman–Crippen MR) is 58.0 cm³/mol. The largest absolute Gasteiger partial charge is 0.481 e. The predicted octanol–water partition coefficient (Wildman–Crippen LogP) is 3.07. The maximum absolute atomic E-state index is 12.7. The van der Waals surface area contributed by atoms with Crippen molar-refractivity contribution in [1.82, 2.24) is 0 Å². The third-order valence-electron chi connectivity index (χ3n) is 2.70. The summed E-state index contributed by atoms with van der Waals surface area (Å²) in [6, 6.07) is 5.64. The second-order valence-electron chi connectivity index (χ2n) is 3.94. The average Bonchev–Trinajstić information content (AvgIpc) is 2.78. The van der Waals surface area contributed by atoms with Crippen LogP contribution >= 0.6 is 0 Å². The molecule has 1 heterocycles. The van der Waals surface area contributed by atoms with Crippen molar-refractivity contribution in [3.05, 3.63) is 35.4 Å². The van der Waals surface area contributed by atoms with E-state index in [0.717, 1.165) is 6.07 Å². The zero-order valence-corrected chi connectivity index (χ0v) is 9.07. The standard InChI is InChI=1S/C12H12F3NO/c13-12(14,15)11-4-2-1-3-9(11)5-6-10-7-17-8-16-10/h1-4,8,10H,5-7H2. The van der Waals surface area contributed by atoms with Gasteiger partial charge >= 0.3 is 6.18 Å². The van der Waals surface area contributed by atoms with Crippen molar-refractivity contribution in [3.63, 3.8) is 0 Å². The second kappa shape index (κ2) is 4.77. The fourth-order valence-electron chi connectivity index (χ4n) is 1.82. The van der Waals surface area contributed by atoms with Crippen LogP contribution in [0.3, 0.4) is 0 Å². The maximum atomic E-state index is 12.7. The molecule has 2 nitrogen and oxygen atoms in total. The van der Waals surface area contributed by atoms with Crippen molar-refractivity contribution in [3.8, 4) is 0 Å². The molecule has 2 rings (SSSR count). The summed E-state index contributed by atoms with van der Waals surface area (Å²) in [6.07, 6.45) is -1.99. The quantitative estimate of drug-likeness (QED) is 0.799. The van der Waals surface area contributed by atoms with Gasteiger partial charge in [-0.05, 0) is 24.5 Å². The van der Waals surface area contributed by atoms with Gasteiger partial charge in [0.1, 0.15) is 6.61 Å². The number of aryl methyl sites for hydroxylation is 1. The number of hydrogen-bond donors (Lipinski definition) is 0. The van der Waals surface area contributed by atoms with E-state index in [1.807, 2.05) is 0 Å². The van der Waals surface area contributed by atoms with Crippen molar-refractivity contribution >= 4 is 6.40 Å². The zero-order chi connectivity index (χ0) is 12.3. The summed E-state index contributed by atoms with van der Waals surface area (Å²) in [5.74, 6) is 0. The zero-order valence-electron chi connectivity index (χ0n) is 9.07. The molecule has 1 aliphatic heterocycles. The smallest absolute Gasteiger partial charge is 0.416 e. The van der Waals surface area contributed by atoms with E-state index in [-0.39, 0.29) is 6.04 Å². The molecule has 5 heteroatoms. The first-order valence-corrected chi connectivity index (χ1v) is 5.36. The number of hydrogen-bond acceptors (Lipinski definition) is 2. The molecule has 1 unspecified atom stereocenters. The molecule has 1 aromatic carbocycles. The van der Waals surface area contributed by atoms with Gasteiger partial charge in [-0.25, -0.2) is 0 Å². The highest BCUT2D eigenvalue weighted by atomic mass is 19.4. The number of ether oxygens (including phenoxy) is 1. The fourth-order valence-corrected chi connectivity index (χ4v) is 1.82. The average molecular weight is 243 g/mol. The van der Waals surface area contributed by atoms with Crippen LogP contribution in [0, 0.1) is 0 Å². The molecule has 0 bridgehead atoms. The van der Waals surface area contributed by atoms with Crippen LogP contribution in [-0.4, -0.2) is 19.0 Å². The molecule has 0 aliphatic carbocycles. The van der Waals surface area contributed by atoms with Crippen molar-refractivity contribution < 1.29 is 17.9 Å². The minimum atomic E-state index is -4.29. The van der Waals surface area contributed by atoms with Gasteiger partial charge in [-0.1, -0.05) is 18.2 Å². The monoisotopic (exact) mass is 243 g/mol. The summed E-state index contributed by atoms with van der Waals surface area (Å²) in [4.78, 5) is 4.01. The molecule has 1 aliphatic rings. The van der Waals surface area contributed by atoms with Crippen LogP contribution in [0.15, 0.2) is 29.3 Å². The summed E-state index contributed by atoms with van der Waals surface area (Å²) < 4.78 is 43.0. The van der Waals surface area contributed by atoms with E-state index in [2.05, 4.69) is 4.99 Å². The van der Waals surface area contributed by atoms with Crippen LogP contribution in [0.1, 0.15) is 17.5 Å². The number of nitrogens with zero attached hydrogens (tertiary/aromatic N) is 1. The van der Waals surface area contributed by atoms with Gasteiger partial charge in [-0.15, -0.1) is 0 Å². The first kappa shape index (κ1) is 12.0. The minimum Gasteiger partial charge on any atom is -0.481 e. The van der Waals surface area contributed by atoms with Crippen molar-refractivity contribution in [2.75, 3.05) is 6.61 Å². The second-order valence-corrected chi connectivity index (χ2v) is 3.94. The normalized spacial score (nSPS) is 19.4. The molecule has 17 heavy (non-hydrogen) atoms. The fraction of sp³-hybridized carbons (Fsp3) is 0.417. The Labute approximate surface area is 97.1 Å². The lowest BCUT2D eigenvalue weighted by Gasteiger charge is -2.13. The van der Waals surface area contributed by atoms with Crippen molar-refractivity contribution in [1.29, 1.82) is 0 Å². The van der Waals surface area contributed by atoms with Gasteiger partial charge in [0.05, 0.1) is 11.6 Å². The SMILES string of the molecule is FC(F)(F)c1ccccc1CCC1COC=N1. The van der Waals surface area contributed by atoms with Crippen LogP contribution < -0.4 is 0 Å². The van der Waals surface area contributed by atoms with Gasteiger partial charge in [-0.3, -0.25) is 4.99 Å². The van der Waals surface area contributed by atoms with Crippen LogP contribution in [0.5, 0.6) is 0 Å². The molecular formula is C12H12F3NO. The van der Waals surface area contributed by atoms with Crippen LogP contribution in [0.25, 0.3) is 0 Å². The Hall–Kier alpha value is -1.52. The topological polar surface area (TPSA) is 21.6 Å². The third-order valence-corrected chi connectivity index (χ3v) is 2.70. The maximum Gasteiger partial charge on any atom is 0.416 e. The first-order chi connectivity index (χ1) is 8.07. The van der Waals surface area contributed by atoms with E-state index in [1.54, 1.807) is 6.07 Å². The molecule has 0 aromatic heterocycles. The highest BCUT2D eigenvalue weighted by molar-refractivity contribution is 5.48. The Morgan fingerprint density at radius 1 is 1.29 bits per heavy atom. The minimum absolute atomic E-state index is 0.0173. The molecule has 0 amide bonds. The summed E-state index contributed by atoms with van der Waals surface area (Å²) in [6.45, 7) is 0.466. The number of halogens is 3. The molecule has 1 atom stereocenters. The van der Waals surface area contributed by atoms with Crippen LogP contribution in [-0.2, 0) is 17.3 Å². The van der Waals surface area contributed by atoms with Crippen LogP contribution in [0.2, 0.25) is 0 Å². The van der Waals surface area contributed by atoms with Gasteiger partial charge in [0.2, 0.25) is 0 Å². The van der Waals surface area contributed by atoms with E-state index >= 15 is 0 Å². The van der Waals surface area contributed by atoms with Gasteiger partial charge < -0.3 is 4.74 Å². The summed E-state index contributed by atoms with van der Waals surface area (Å²) in [7, 11) is 0. The first-order valence-electron chi connectivity index (χ1n) is 5.36. The van der Waals surface area contributed by atoms with Crippen LogP contribution in [0.4, 0.5) is 13.2 Å². The summed E-state index contributed by atoms with van der Waals surface area (Å²) in [5, 5.41) is 0. The Balaban J connectivity index is 2.07. The molecule has 0 N–H and O–H groups in total. The Kier molecular flexibility index (Phi) is 3.36. The molecule has 0 radical (unpaired) electrons. The molecule has 1 aromatic rings. The lowest BCUT2D eigenvalue weighted by molar-refractivity contribution is -0.138. The molecule has 92 valence electrons. The van der Waals surface area contributed by atoms with Gasteiger partial charge in [0.25, 0.3) is 0 Å². The van der Waals surface area contributed by atoms with E-state index in [9.17, 15) is 13.2 Å². The van der Waals surface area contributed by atoms with Gasteiger partial charge in [0, 0.05) is 0 Å². The molecular weight excluding hydrogens is 231 g/mol. The highest BCUT2D eigenvalue weighted by Crippen LogP contribution is 2.32. The van der Waals surface area contributed by atoms with E-state index < -0.39 is 11.7 Å². The van der Waals surface area contributed by atoms with E-state index in [4.69, 9.17) is 4.74 Å². The lowest BCUT2D eigenvalue weighted by Crippen LogP contribution is -2.12. The number of benzene rings is 1. The lowest BCUT2D eigenvalue weighted by atomic mass is 10.0. The summed E-state index contributed by atoms with van der Waals surface area (Å²) >= 11 is 0. The molecule has 0 saturated heterocycles. The highest BCUT2D eigenvalue weighted by Gasteiger charge is 2.32. The Bertz CT molecular complexity index is 414. The number of aliphatic imine (C=N–C) groups is 1.